The van der Waals surface area contributed by atoms with Gasteiger partial charge in [0.15, 0.2) is 0 Å². The SMILES string of the molecule is CC(C)(C)[C]1C(C(C)(C)C)=C1C(C)(C)C.[C-]#[O+].[C-]#[O+].[C-]#[O+].[Ir]. The Labute approximate surface area is 149 Å². The number of rotatable bonds is 0. The van der Waals surface area contributed by atoms with E-state index in [1.807, 2.05) is 0 Å². The van der Waals surface area contributed by atoms with Crippen LogP contribution in [0.3, 0.4) is 0 Å². The summed E-state index contributed by atoms with van der Waals surface area (Å²) in [4.78, 5) is 0. The van der Waals surface area contributed by atoms with E-state index in [1.54, 1.807) is 17.1 Å². The van der Waals surface area contributed by atoms with E-state index in [1.165, 1.54) is 0 Å². The van der Waals surface area contributed by atoms with Gasteiger partial charge in [-0.1, -0.05) is 73.5 Å². The zero-order chi connectivity index (χ0) is 18.2. The molecular weight excluding hydrogens is 456 g/mol. The molecule has 0 aromatic heterocycles. The van der Waals surface area contributed by atoms with Crippen LogP contribution in [0.2, 0.25) is 0 Å². The maximum absolute atomic E-state index is 7.50. The normalized spacial score (nSPS) is 13.8. The minimum absolute atomic E-state index is 0. The van der Waals surface area contributed by atoms with E-state index in [9.17, 15) is 0 Å². The third-order valence-electron chi connectivity index (χ3n) is 2.94. The van der Waals surface area contributed by atoms with Gasteiger partial charge in [-0.25, -0.2) is 0 Å². The molecule has 3 nitrogen and oxygen atoms in total. The molecule has 126 valence electrons. The summed E-state index contributed by atoms with van der Waals surface area (Å²) in [5.74, 6) is 1.63. The number of allylic oxidation sites excluding steroid dienone is 2. The summed E-state index contributed by atoms with van der Waals surface area (Å²) in [6.45, 7) is 34.4. The predicted molar refractivity (Wildman–Crippen MR) is 80.4 cm³/mol. The van der Waals surface area contributed by atoms with Gasteiger partial charge in [0.1, 0.15) is 0 Å². The first-order valence-electron chi connectivity index (χ1n) is 6.61. The Balaban J connectivity index is -0.000000206. The average Bonchev–Trinajstić information content (AvgIpc) is 3.11. The molecule has 2 radical (unpaired) electrons. The van der Waals surface area contributed by atoms with Gasteiger partial charge in [-0.15, -0.1) is 0 Å². The smallest absolute Gasteiger partial charge is 0 e. The molecular formula is C18H27IrO3. The summed E-state index contributed by atoms with van der Waals surface area (Å²) in [6.07, 6.45) is 0. The Hall–Kier alpha value is -0.391. The van der Waals surface area contributed by atoms with Gasteiger partial charge in [0.25, 0.3) is 0 Å². The van der Waals surface area contributed by atoms with Crippen molar-refractivity contribution in [1.82, 2.24) is 0 Å². The Morgan fingerprint density at radius 1 is 0.500 bits per heavy atom. The van der Waals surface area contributed by atoms with Crippen LogP contribution in [-0.4, -0.2) is 0 Å². The number of hydrogen-bond acceptors (Lipinski definition) is 0. The molecule has 0 spiro atoms. The van der Waals surface area contributed by atoms with Gasteiger partial charge < -0.3 is 0 Å². The first kappa shape index (κ1) is 29.6. The second-order valence-corrected chi connectivity index (χ2v) is 7.88. The summed E-state index contributed by atoms with van der Waals surface area (Å²) in [5, 5.41) is 0. The first-order valence-corrected chi connectivity index (χ1v) is 6.61. The van der Waals surface area contributed by atoms with Crippen LogP contribution in [0.1, 0.15) is 62.3 Å². The van der Waals surface area contributed by atoms with Crippen molar-refractivity contribution in [3.8, 4) is 0 Å². The Morgan fingerprint density at radius 3 is 0.727 bits per heavy atom. The van der Waals surface area contributed by atoms with Crippen LogP contribution < -0.4 is 0 Å². The van der Waals surface area contributed by atoms with Crippen molar-refractivity contribution in [2.75, 3.05) is 0 Å². The molecule has 1 aliphatic rings. The van der Waals surface area contributed by atoms with Crippen molar-refractivity contribution in [3.05, 3.63) is 37.0 Å². The molecule has 0 bridgehead atoms. The van der Waals surface area contributed by atoms with Crippen LogP contribution in [0, 0.1) is 42.1 Å². The van der Waals surface area contributed by atoms with E-state index in [2.05, 4.69) is 82.3 Å². The second kappa shape index (κ2) is 11.2. The van der Waals surface area contributed by atoms with Crippen molar-refractivity contribution in [3.63, 3.8) is 0 Å². The summed E-state index contributed by atoms with van der Waals surface area (Å²) in [6, 6.07) is 0. The van der Waals surface area contributed by atoms with Crippen molar-refractivity contribution in [1.29, 1.82) is 0 Å². The van der Waals surface area contributed by atoms with Crippen LogP contribution in [0.4, 0.5) is 0 Å². The molecule has 0 aromatic carbocycles. The Bertz CT molecular complexity index is 369. The Kier molecular flexibility index (Phi) is 15.1. The molecule has 0 saturated carbocycles. The molecule has 1 rings (SSSR count). The third kappa shape index (κ3) is 8.91. The van der Waals surface area contributed by atoms with Crippen LogP contribution in [0.5, 0.6) is 0 Å². The second-order valence-electron chi connectivity index (χ2n) is 7.88. The first-order chi connectivity index (χ1) is 9.37. The van der Waals surface area contributed by atoms with Gasteiger partial charge in [-0.2, -0.15) is 0 Å². The largest absolute Gasteiger partial charge is 0 e. The van der Waals surface area contributed by atoms with Crippen molar-refractivity contribution >= 4 is 0 Å². The maximum atomic E-state index is 7.50. The molecule has 0 saturated heterocycles. The predicted octanol–water partition coefficient (Wildman–Crippen LogP) is 4.89. The van der Waals surface area contributed by atoms with E-state index in [0.29, 0.717) is 16.2 Å². The van der Waals surface area contributed by atoms with Crippen molar-refractivity contribution in [2.24, 2.45) is 16.2 Å². The molecule has 0 aliphatic heterocycles. The molecule has 0 amide bonds. The minimum Gasteiger partial charge on any atom is 0 e. The fourth-order valence-corrected chi connectivity index (χ4v) is 2.44. The van der Waals surface area contributed by atoms with Gasteiger partial charge in [-0.3, -0.25) is 0 Å². The maximum Gasteiger partial charge on any atom is 0 e. The van der Waals surface area contributed by atoms with E-state index < -0.39 is 0 Å². The van der Waals surface area contributed by atoms with Gasteiger partial charge in [0.2, 0.25) is 0 Å². The van der Waals surface area contributed by atoms with Crippen LogP contribution >= 0.6 is 0 Å². The minimum atomic E-state index is 0. The molecule has 0 heterocycles. The quantitative estimate of drug-likeness (QED) is 0.348. The van der Waals surface area contributed by atoms with E-state index in [-0.39, 0.29) is 20.1 Å². The van der Waals surface area contributed by atoms with E-state index >= 15 is 0 Å². The fraction of sp³-hybridized carbons (Fsp3) is 0.667. The Morgan fingerprint density at radius 2 is 0.682 bits per heavy atom. The van der Waals surface area contributed by atoms with Crippen molar-refractivity contribution < 1.29 is 34.1 Å². The van der Waals surface area contributed by atoms with E-state index in [4.69, 9.17) is 14.0 Å². The van der Waals surface area contributed by atoms with Crippen molar-refractivity contribution in [2.45, 2.75) is 62.3 Å². The summed E-state index contributed by atoms with van der Waals surface area (Å²) in [7, 11) is 0. The molecule has 0 N–H and O–H groups in total. The van der Waals surface area contributed by atoms with Crippen LogP contribution in [-0.2, 0) is 34.1 Å². The standard InChI is InChI=1S/C15H27.3CO.Ir/c1-13(2,3)10-11(14(4,5)6)12(10)15(7,8)9;3*1-2;/h1-9H3;;;;. The van der Waals surface area contributed by atoms with Crippen LogP contribution in [0.15, 0.2) is 11.1 Å². The van der Waals surface area contributed by atoms with Gasteiger partial charge >= 0.3 is 33.9 Å². The molecule has 22 heavy (non-hydrogen) atoms. The zero-order valence-electron chi connectivity index (χ0n) is 15.1. The van der Waals surface area contributed by atoms with E-state index in [0.717, 1.165) is 0 Å². The molecule has 0 atom stereocenters. The zero-order valence-corrected chi connectivity index (χ0v) is 17.5. The van der Waals surface area contributed by atoms with Gasteiger partial charge in [-0.05, 0) is 16.2 Å². The number of hydrogen-bond donors (Lipinski definition) is 0. The summed E-state index contributed by atoms with van der Waals surface area (Å²) < 4.78 is 22.5. The van der Waals surface area contributed by atoms with Crippen LogP contribution in [0.25, 0.3) is 0 Å². The topological polar surface area (TPSA) is 59.7 Å². The van der Waals surface area contributed by atoms with Gasteiger partial charge in [0, 0.05) is 26.0 Å². The molecule has 0 unspecified atom stereocenters. The summed E-state index contributed by atoms with van der Waals surface area (Å²) >= 11 is 0. The molecule has 0 fully saturated rings. The third-order valence-corrected chi connectivity index (χ3v) is 2.94. The molecule has 0 aromatic rings. The van der Waals surface area contributed by atoms with Gasteiger partial charge in [0.05, 0.1) is 0 Å². The summed E-state index contributed by atoms with van der Waals surface area (Å²) in [5.41, 5.74) is 4.19. The molecule has 4 heteroatoms. The molecule has 1 aliphatic carbocycles. The monoisotopic (exact) mass is 484 g/mol. The fourth-order valence-electron chi connectivity index (χ4n) is 2.44. The average molecular weight is 484 g/mol.